The Balaban J connectivity index is 1.93. The lowest BCUT2D eigenvalue weighted by atomic mass is 9.91. The number of carbonyl (C=O) groups is 1. The van der Waals surface area contributed by atoms with Crippen LogP contribution in [0.5, 0.6) is 5.75 Å². The summed E-state index contributed by atoms with van der Waals surface area (Å²) in [5.41, 5.74) is 0.321. The summed E-state index contributed by atoms with van der Waals surface area (Å²) in [5.74, 6) is 6.25. The summed E-state index contributed by atoms with van der Waals surface area (Å²) in [6, 6.07) is 3.14. The van der Waals surface area contributed by atoms with Gasteiger partial charge in [0.25, 0.3) is 5.91 Å². The molecule has 1 aliphatic carbocycles. The number of carbonyl (C=O) groups excluding carboxylic acids is 1. The lowest BCUT2D eigenvalue weighted by Crippen LogP contribution is -2.24. The Hall–Kier alpha value is -3.26. The average molecular weight is 537 g/mol. The third kappa shape index (κ3) is 7.38. The molecule has 1 heterocycles. The highest BCUT2D eigenvalue weighted by Gasteiger charge is 2.37. The number of terminal acetylenes is 1. The second-order valence-electron chi connectivity index (χ2n) is 9.44. The molecule has 3 atom stereocenters. The molecule has 1 unspecified atom stereocenters. The minimum absolute atomic E-state index is 0.0263. The first-order valence-electron chi connectivity index (χ1n) is 11.7. The van der Waals surface area contributed by atoms with Crippen LogP contribution in [0.15, 0.2) is 18.3 Å². The quantitative estimate of drug-likeness (QED) is 0.368. The van der Waals surface area contributed by atoms with Crippen LogP contribution in [0.25, 0.3) is 0 Å². The van der Waals surface area contributed by atoms with Crippen LogP contribution in [0.1, 0.15) is 46.4 Å². The number of hydrogen-bond acceptors (Lipinski definition) is 6. The lowest BCUT2D eigenvalue weighted by molar-refractivity contribution is -0.138. The normalized spacial score (nSPS) is 19.1. The second kappa shape index (κ2) is 11.4. The fraction of sp³-hybridized carbons (Fsp3) is 0.462. The van der Waals surface area contributed by atoms with Gasteiger partial charge in [0.15, 0.2) is 0 Å². The predicted molar refractivity (Wildman–Crippen MR) is 140 cm³/mol. The van der Waals surface area contributed by atoms with Crippen LogP contribution in [0, 0.1) is 31.1 Å². The van der Waals surface area contributed by atoms with Gasteiger partial charge in [0.1, 0.15) is 5.75 Å². The van der Waals surface area contributed by atoms with Gasteiger partial charge in [0, 0.05) is 23.8 Å². The molecule has 11 heteroatoms. The molecule has 3 rings (SSSR count). The molecular weight excluding hydrogens is 505 g/mol. The average Bonchev–Trinajstić information content (AvgIpc) is 3.21. The topological polar surface area (TPSA) is 93.2 Å². The zero-order valence-electron chi connectivity index (χ0n) is 21.1. The van der Waals surface area contributed by atoms with E-state index in [9.17, 15) is 22.2 Å². The Bertz CT molecular complexity index is 1300. The Morgan fingerprint density at radius 3 is 2.65 bits per heavy atom. The molecule has 0 spiro atoms. The molecular formula is C26H31F3N4O3S. The van der Waals surface area contributed by atoms with E-state index in [4.69, 9.17) is 11.2 Å². The first-order valence-corrected chi connectivity index (χ1v) is 14.0. The zero-order chi connectivity index (χ0) is 27.4. The van der Waals surface area contributed by atoms with Gasteiger partial charge in [-0.05, 0) is 71.1 Å². The van der Waals surface area contributed by atoms with Crippen LogP contribution < -0.4 is 15.4 Å². The highest BCUT2D eigenvalue weighted by Crippen LogP contribution is 2.39. The summed E-state index contributed by atoms with van der Waals surface area (Å²) in [6.07, 6.45) is 5.43. The van der Waals surface area contributed by atoms with Gasteiger partial charge in [-0.15, -0.1) is 6.42 Å². The number of methoxy groups -OCH3 is 1. The van der Waals surface area contributed by atoms with E-state index in [1.807, 2.05) is 0 Å². The van der Waals surface area contributed by atoms with Crippen molar-refractivity contribution >= 4 is 32.9 Å². The summed E-state index contributed by atoms with van der Waals surface area (Å²) in [4.78, 5) is 20.5. The van der Waals surface area contributed by atoms with Gasteiger partial charge < -0.3 is 15.4 Å². The molecule has 2 aromatic rings. The maximum atomic E-state index is 13.8. The fourth-order valence-corrected chi connectivity index (χ4v) is 6.06. The molecule has 0 radical (unpaired) electrons. The maximum absolute atomic E-state index is 13.8. The van der Waals surface area contributed by atoms with Gasteiger partial charge in [-0.2, -0.15) is 13.2 Å². The van der Waals surface area contributed by atoms with E-state index in [1.54, 1.807) is 19.2 Å². The van der Waals surface area contributed by atoms with Crippen LogP contribution in [0.2, 0.25) is 0 Å². The second-order valence-corrected chi connectivity index (χ2v) is 12.1. The fourth-order valence-electron chi connectivity index (χ4n) is 4.72. The van der Waals surface area contributed by atoms with Crippen molar-refractivity contribution in [2.24, 2.45) is 11.8 Å². The summed E-state index contributed by atoms with van der Waals surface area (Å²) in [6.45, 7) is 1.78. The van der Waals surface area contributed by atoms with Crippen molar-refractivity contribution in [3.63, 3.8) is 0 Å². The molecule has 0 aliphatic heterocycles. The SMILES string of the molecule is C#CCNC(=O)c1cc(OC)c(Nc2ncc(C(F)(F)F)c(C[C@@H]3CCC[C@H]3CS(=C)(C)=O)n2)cc1C. The van der Waals surface area contributed by atoms with Crippen LogP contribution in [-0.4, -0.2) is 51.6 Å². The number of hydrogen-bond donors (Lipinski definition) is 2. The molecule has 1 fully saturated rings. The smallest absolute Gasteiger partial charge is 0.419 e. The Morgan fingerprint density at radius 2 is 2.03 bits per heavy atom. The van der Waals surface area contributed by atoms with Crippen LogP contribution >= 0.6 is 0 Å². The number of aryl methyl sites for hydroxylation is 1. The van der Waals surface area contributed by atoms with Crippen molar-refractivity contribution in [1.82, 2.24) is 15.3 Å². The number of nitrogens with zero attached hydrogens (tertiary/aromatic N) is 2. The van der Waals surface area contributed by atoms with Gasteiger partial charge in [0.05, 0.1) is 30.6 Å². The number of aromatic nitrogens is 2. The van der Waals surface area contributed by atoms with E-state index in [0.29, 0.717) is 22.6 Å². The largest absolute Gasteiger partial charge is 0.495 e. The highest BCUT2D eigenvalue weighted by atomic mass is 32.2. The number of amides is 1. The third-order valence-corrected chi connectivity index (χ3v) is 7.53. The van der Waals surface area contributed by atoms with E-state index < -0.39 is 21.3 Å². The van der Waals surface area contributed by atoms with Crippen molar-refractivity contribution in [2.75, 3.05) is 31.0 Å². The van der Waals surface area contributed by atoms with E-state index in [2.05, 4.69) is 32.4 Å². The standard InChI is InChI=1S/C26H31F3N4O3S/c1-6-10-30-24(34)19-13-23(36-3)22(11-16(19)2)33-25-31-14-20(26(27,28)29)21(32-25)12-17-8-7-9-18(17)15-37(4,5)35/h1,11,13-14,17-18H,4,7-10,12,15H2,2-3,5H3,(H,30,34)(H,31,32,33)/t17-,18-,37?/m0/s1. The number of alkyl halides is 3. The van der Waals surface area contributed by atoms with Crippen molar-refractivity contribution in [3.8, 4) is 18.1 Å². The zero-order valence-corrected chi connectivity index (χ0v) is 21.9. The van der Waals surface area contributed by atoms with E-state index >= 15 is 0 Å². The first kappa shape index (κ1) is 28.3. The number of ether oxygens (including phenoxy) is 1. The molecule has 37 heavy (non-hydrogen) atoms. The van der Waals surface area contributed by atoms with Gasteiger partial charge in [-0.25, -0.2) is 9.97 Å². The predicted octanol–water partition coefficient (Wildman–Crippen LogP) is 4.22. The minimum Gasteiger partial charge on any atom is -0.495 e. The Morgan fingerprint density at radius 1 is 1.32 bits per heavy atom. The minimum atomic E-state index is -4.62. The van der Waals surface area contributed by atoms with E-state index in [-0.39, 0.29) is 48.1 Å². The highest BCUT2D eigenvalue weighted by molar-refractivity contribution is 7.99. The molecule has 7 nitrogen and oxygen atoms in total. The molecule has 2 N–H and O–H groups in total. The van der Waals surface area contributed by atoms with Crippen molar-refractivity contribution in [2.45, 2.75) is 38.8 Å². The first-order chi connectivity index (χ1) is 17.3. The molecule has 200 valence electrons. The Kier molecular flexibility index (Phi) is 8.74. The summed E-state index contributed by atoms with van der Waals surface area (Å²) < 4.78 is 59.1. The Labute approximate surface area is 215 Å². The number of nitrogens with one attached hydrogen (secondary N) is 2. The van der Waals surface area contributed by atoms with Gasteiger partial charge in [-0.1, -0.05) is 12.3 Å². The van der Waals surface area contributed by atoms with Gasteiger partial charge >= 0.3 is 6.18 Å². The molecule has 1 saturated carbocycles. The molecule has 1 aromatic heterocycles. The number of halogens is 3. The summed E-state index contributed by atoms with van der Waals surface area (Å²) >= 11 is 0. The number of anilines is 2. The molecule has 1 aliphatic rings. The number of rotatable bonds is 9. The van der Waals surface area contributed by atoms with E-state index in [1.165, 1.54) is 13.2 Å². The molecule has 1 amide bonds. The maximum Gasteiger partial charge on any atom is 0.419 e. The third-order valence-electron chi connectivity index (χ3n) is 6.40. The van der Waals surface area contributed by atoms with Crippen molar-refractivity contribution < 1.29 is 26.9 Å². The molecule has 1 aromatic carbocycles. The van der Waals surface area contributed by atoms with Crippen LogP contribution in [0.4, 0.5) is 24.8 Å². The summed E-state index contributed by atoms with van der Waals surface area (Å²) in [5, 5.41) is 5.52. The van der Waals surface area contributed by atoms with Crippen LogP contribution in [-0.2, 0) is 22.1 Å². The van der Waals surface area contributed by atoms with Gasteiger partial charge in [0.2, 0.25) is 5.95 Å². The van der Waals surface area contributed by atoms with Crippen molar-refractivity contribution in [1.29, 1.82) is 0 Å². The monoisotopic (exact) mass is 536 g/mol. The van der Waals surface area contributed by atoms with Crippen LogP contribution in [0.3, 0.4) is 0 Å². The van der Waals surface area contributed by atoms with Gasteiger partial charge in [-0.3, -0.25) is 9.00 Å². The molecule has 0 saturated heterocycles. The lowest BCUT2D eigenvalue weighted by Gasteiger charge is -2.22. The number of benzene rings is 1. The van der Waals surface area contributed by atoms with E-state index in [0.717, 1.165) is 25.5 Å². The van der Waals surface area contributed by atoms with Crippen molar-refractivity contribution in [3.05, 3.63) is 40.7 Å². The summed E-state index contributed by atoms with van der Waals surface area (Å²) in [7, 11) is -0.857. The molecule has 0 bridgehead atoms.